The second kappa shape index (κ2) is 6.60. The van der Waals surface area contributed by atoms with Crippen LogP contribution in [0.5, 0.6) is 0 Å². The van der Waals surface area contributed by atoms with Gasteiger partial charge in [0.15, 0.2) is 0 Å². The number of carbonyl (C=O) groups is 1. The molecule has 0 atom stereocenters. The number of rotatable bonds is 5. The maximum absolute atomic E-state index is 11.0. The molecule has 0 aliphatic heterocycles. The van der Waals surface area contributed by atoms with Gasteiger partial charge < -0.3 is 0 Å². The monoisotopic (exact) mass is 178 g/mol. The Bertz CT molecular complexity index is 111. The summed E-state index contributed by atoms with van der Waals surface area (Å²) in [5.74, 6) is 0.00728. The van der Waals surface area contributed by atoms with Gasteiger partial charge in [-0.3, -0.25) is 0 Å². The summed E-state index contributed by atoms with van der Waals surface area (Å²) >= 11 is 0. The summed E-state index contributed by atoms with van der Waals surface area (Å²) < 4.78 is 4.87. The molecule has 0 N–H and O–H groups in total. The Labute approximate surface area is 70.1 Å². The molecule has 0 fully saturated rings. The molecule has 0 radical (unpaired) electrons. The van der Waals surface area contributed by atoms with Gasteiger partial charge >= 0.3 is 69.3 Å². The molecule has 0 heterocycles. The molecular weight excluding hydrogens is 159 g/mol. The summed E-state index contributed by atoms with van der Waals surface area (Å²) in [5.41, 5.74) is 0. The predicted molar refractivity (Wildman–Crippen MR) is 52.3 cm³/mol. The normalized spacial score (nSPS) is 11.0. The summed E-state index contributed by atoms with van der Waals surface area (Å²) in [6.45, 7) is 6.71. The van der Waals surface area contributed by atoms with Gasteiger partial charge in [0.1, 0.15) is 0 Å². The number of carbonyl (C=O) groups excluding carboxylic acids is 1. The van der Waals surface area contributed by atoms with Crippen molar-refractivity contribution in [3.63, 3.8) is 0 Å². The van der Waals surface area contributed by atoms with Crippen molar-refractivity contribution in [3.05, 3.63) is 0 Å². The van der Waals surface area contributed by atoms with E-state index in [-0.39, 0.29) is 5.97 Å². The molecule has 2 nitrogen and oxygen atoms in total. The van der Waals surface area contributed by atoms with Gasteiger partial charge in [-0.15, -0.1) is 0 Å². The molecule has 0 aromatic carbocycles. The topological polar surface area (TPSA) is 26.3 Å². The van der Waals surface area contributed by atoms with Crippen molar-refractivity contribution in [2.24, 2.45) is 0 Å². The number of ether oxygens (including phenoxy) is 1. The van der Waals surface area contributed by atoms with E-state index in [2.05, 4.69) is 13.8 Å². The van der Waals surface area contributed by atoms with Gasteiger partial charge in [-0.1, -0.05) is 0 Å². The van der Waals surface area contributed by atoms with E-state index in [1.54, 1.807) is 0 Å². The second-order valence-corrected chi connectivity index (χ2v) is 6.46. The zero-order chi connectivity index (χ0) is 8.69. The van der Waals surface area contributed by atoms with Crippen LogP contribution in [0.4, 0.5) is 0 Å². The molecule has 11 heavy (non-hydrogen) atoms. The van der Waals surface area contributed by atoms with Crippen LogP contribution >= 0.6 is 7.92 Å². The van der Waals surface area contributed by atoms with Gasteiger partial charge in [0.2, 0.25) is 0 Å². The van der Waals surface area contributed by atoms with E-state index in [4.69, 9.17) is 4.74 Å². The third-order valence-corrected chi connectivity index (χ3v) is 5.14. The molecule has 68 valence electrons. The molecule has 0 rings (SSSR count). The number of hydrogen-bond acceptors (Lipinski definition) is 2. The van der Waals surface area contributed by atoms with Crippen molar-refractivity contribution in [2.75, 3.05) is 25.1 Å². The molecule has 0 saturated carbocycles. The van der Waals surface area contributed by atoms with E-state index in [1.807, 2.05) is 6.92 Å². The molecule has 0 amide bonds. The molecule has 3 heteroatoms. The van der Waals surface area contributed by atoms with Crippen LogP contribution in [0.1, 0.15) is 20.8 Å². The minimum atomic E-state index is -0.756. The molecule has 0 aliphatic rings. The van der Waals surface area contributed by atoms with Gasteiger partial charge in [-0.25, -0.2) is 0 Å². The number of hydrogen-bond donors (Lipinski definition) is 0. The fourth-order valence-electron chi connectivity index (χ4n) is 1.03. The molecule has 0 unspecified atom stereocenters. The van der Waals surface area contributed by atoms with Crippen LogP contribution in [-0.2, 0) is 9.53 Å². The fraction of sp³-hybridized carbons (Fsp3) is 0.875. The van der Waals surface area contributed by atoms with Crippen molar-refractivity contribution >= 4 is 13.9 Å². The summed E-state index contributed by atoms with van der Waals surface area (Å²) in [6, 6.07) is 0. The Morgan fingerprint density at radius 3 is 2.18 bits per heavy atom. The standard InChI is InChI=1S/C8H19O2P/c1-4-10-8(9)7-11(5-2)6-3/h4-7,11H2,1-3H3. The molecule has 0 spiro atoms. The molecule has 0 aliphatic carbocycles. The van der Waals surface area contributed by atoms with E-state index in [9.17, 15) is 4.79 Å². The Morgan fingerprint density at radius 2 is 1.82 bits per heavy atom. The molecular formula is C8H19O2P. The zero-order valence-electron chi connectivity index (χ0n) is 7.72. The Kier molecular flexibility index (Phi) is 6.54. The minimum absolute atomic E-state index is 0.00728. The van der Waals surface area contributed by atoms with Gasteiger partial charge in [0, 0.05) is 0 Å². The van der Waals surface area contributed by atoms with Crippen LogP contribution in [0.3, 0.4) is 0 Å². The third kappa shape index (κ3) is 5.20. The van der Waals surface area contributed by atoms with Crippen LogP contribution in [0.2, 0.25) is 0 Å². The van der Waals surface area contributed by atoms with Gasteiger partial charge in [-0.05, 0) is 0 Å². The van der Waals surface area contributed by atoms with Crippen LogP contribution in [0.25, 0.3) is 0 Å². The number of esters is 1. The van der Waals surface area contributed by atoms with E-state index in [1.165, 1.54) is 12.3 Å². The SMILES string of the molecule is CCOC(=O)C[PH2](CC)CC. The quantitative estimate of drug-likeness (QED) is 0.471. The van der Waals surface area contributed by atoms with Crippen molar-refractivity contribution in [2.45, 2.75) is 20.8 Å². The predicted octanol–water partition coefficient (Wildman–Crippen LogP) is 1.54. The first-order valence-corrected chi connectivity index (χ1v) is 6.85. The van der Waals surface area contributed by atoms with Gasteiger partial charge in [0.25, 0.3) is 0 Å². The van der Waals surface area contributed by atoms with Crippen LogP contribution in [-0.4, -0.2) is 31.1 Å². The Morgan fingerprint density at radius 1 is 1.27 bits per heavy atom. The van der Waals surface area contributed by atoms with Gasteiger partial charge in [-0.2, -0.15) is 0 Å². The zero-order valence-corrected chi connectivity index (χ0v) is 8.88. The summed E-state index contributed by atoms with van der Waals surface area (Å²) in [5, 5.41) is 0. The van der Waals surface area contributed by atoms with Crippen molar-refractivity contribution in [1.29, 1.82) is 0 Å². The first-order chi connectivity index (χ1) is 5.24. The van der Waals surface area contributed by atoms with E-state index < -0.39 is 7.92 Å². The van der Waals surface area contributed by atoms with Crippen molar-refractivity contribution < 1.29 is 9.53 Å². The van der Waals surface area contributed by atoms with Crippen LogP contribution < -0.4 is 0 Å². The maximum atomic E-state index is 11.0. The summed E-state index contributed by atoms with van der Waals surface area (Å²) in [7, 11) is -0.756. The second-order valence-electron chi connectivity index (χ2n) is 2.69. The Balaban J connectivity index is 3.54. The van der Waals surface area contributed by atoms with Crippen LogP contribution in [0, 0.1) is 0 Å². The van der Waals surface area contributed by atoms with E-state index in [0.29, 0.717) is 6.61 Å². The first kappa shape index (κ1) is 10.9. The molecule has 0 bridgehead atoms. The molecule has 0 aromatic heterocycles. The van der Waals surface area contributed by atoms with E-state index in [0.717, 1.165) is 6.16 Å². The average Bonchev–Trinajstić information content (AvgIpc) is 2.01. The Hall–Kier alpha value is -0.100. The van der Waals surface area contributed by atoms with Crippen LogP contribution in [0.15, 0.2) is 0 Å². The first-order valence-electron chi connectivity index (χ1n) is 4.40. The van der Waals surface area contributed by atoms with Crippen molar-refractivity contribution in [1.82, 2.24) is 0 Å². The fourth-order valence-corrected chi connectivity index (χ4v) is 2.78. The molecule has 0 aromatic rings. The molecule has 0 saturated heterocycles. The average molecular weight is 178 g/mol. The third-order valence-electron chi connectivity index (χ3n) is 1.92. The summed E-state index contributed by atoms with van der Waals surface area (Å²) in [6.07, 6.45) is 3.13. The van der Waals surface area contributed by atoms with Crippen molar-refractivity contribution in [3.8, 4) is 0 Å². The van der Waals surface area contributed by atoms with Gasteiger partial charge in [0.05, 0.1) is 0 Å². The van der Waals surface area contributed by atoms with E-state index >= 15 is 0 Å². The summed E-state index contributed by atoms with van der Waals surface area (Å²) in [4.78, 5) is 11.0.